The van der Waals surface area contributed by atoms with Crippen LogP contribution in [0.5, 0.6) is 0 Å². The Morgan fingerprint density at radius 1 is 1.20 bits per heavy atom. The Labute approximate surface area is 154 Å². The number of carbonyl (C=O) groups is 1. The van der Waals surface area contributed by atoms with E-state index in [9.17, 15) is 4.79 Å². The molecule has 0 N–H and O–H groups in total. The summed E-state index contributed by atoms with van der Waals surface area (Å²) in [6, 6.07) is 16.5. The molecule has 0 bridgehead atoms. The molecule has 0 aliphatic carbocycles. The molecule has 25 heavy (non-hydrogen) atoms. The Balaban J connectivity index is 1.92. The third kappa shape index (κ3) is 4.18. The van der Waals surface area contributed by atoms with Gasteiger partial charge in [0.2, 0.25) is 5.16 Å². The van der Waals surface area contributed by atoms with Gasteiger partial charge in [-0.1, -0.05) is 53.7 Å². The van der Waals surface area contributed by atoms with Crippen molar-refractivity contribution in [3.05, 3.63) is 65.2 Å². The highest BCUT2D eigenvalue weighted by atomic mass is 35.5. The van der Waals surface area contributed by atoms with Crippen molar-refractivity contribution in [2.24, 2.45) is 0 Å². The highest BCUT2D eigenvalue weighted by Gasteiger charge is 2.26. The van der Waals surface area contributed by atoms with Gasteiger partial charge in [0.15, 0.2) is 0 Å². The number of carbonyl (C=O) groups excluding carboxylic acids is 1. The third-order valence-corrected chi connectivity index (χ3v) is 4.76. The molecule has 1 aromatic heterocycles. The number of aromatic nitrogens is 4. The van der Waals surface area contributed by atoms with Crippen LogP contribution in [-0.4, -0.2) is 32.8 Å². The summed E-state index contributed by atoms with van der Waals surface area (Å²) in [5.74, 6) is -0.329. The van der Waals surface area contributed by atoms with Gasteiger partial charge in [0.1, 0.15) is 5.25 Å². The number of ether oxygens (including phenoxy) is 1. The predicted molar refractivity (Wildman–Crippen MR) is 95.8 cm³/mol. The second kappa shape index (κ2) is 8.13. The number of hydrogen-bond donors (Lipinski definition) is 0. The fourth-order valence-electron chi connectivity index (χ4n) is 2.20. The van der Waals surface area contributed by atoms with Crippen LogP contribution in [0.25, 0.3) is 5.69 Å². The number of esters is 1. The quantitative estimate of drug-likeness (QED) is 0.484. The Morgan fingerprint density at radius 3 is 2.60 bits per heavy atom. The Morgan fingerprint density at radius 2 is 1.92 bits per heavy atom. The topological polar surface area (TPSA) is 69.9 Å². The van der Waals surface area contributed by atoms with Gasteiger partial charge in [0.05, 0.1) is 12.3 Å². The average Bonchev–Trinajstić information content (AvgIpc) is 3.09. The molecule has 0 unspecified atom stereocenters. The first kappa shape index (κ1) is 17.4. The lowest BCUT2D eigenvalue weighted by molar-refractivity contribution is -0.142. The van der Waals surface area contributed by atoms with Crippen molar-refractivity contribution in [3.8, 4) is 5.69 Å². The van der Waals surface area contributed by atoms with E-state index in [2.05, 4.69) is 15.5 Å². The highest BCUT2D eigenvalue weighted by Crippen LogP contribution is 2.35. The van der Waals surface area contributed by atoms with Crippen LogP contribution in [0.3, 0.4) is 0 Å². The maximum Gasteiger partial charge on any atom is 0.324 e. The SMILES string of the molecule is CCOC(=O)[C@@H](Sc1nnnn1-c1ccc(Cl)cc1)c1ccccc1. The molecule has 0 spiro atoms. The van der Waals surface area contributed by atoms with E-state index in [4.69, 9.17) is 16.3 Å². The van der Waals surface area contributed by atoms with Crippen molar-refractivity contribution in [3.63, 3.8) is 0 Å². The van der Waals surface area contributed by atoms with Crippen LogP contribution >= 0.6 is 23.4 Å². The van der Waals surface area contributed by atoms with Gasteiger partial charge in [0.25, 0.3) is 0 Å². The standard InChI is InChI=1S/C17H15ClN4O2S/c1-2-24-16(23)15(12-6-4-3-5-7-12)25-17-19-20-21-22(17)14-10-8-13(18)9-11-14/h3-11,15H,2H2,1H3/t15-/m0/s1. The fourth-order valence-corrected chi connectivity index (χ4v) is 3.32. The van der Waals surface area contributed by atoms with Crippen molar-refractivity contribution < 1.29 is 9.53 Å². The number of halogens is 1. The molecular weight excluding hydrogens is 360 g/mol. The zero-order valence-corrected chi connectivity index (χ0v) is 14.9. The minimum Gasteiger partial charge on any atom is -0.465 e. The summed E-state index contributed by atoms with van der Waals surface area (Å²) in [5, 5.41) is 12.3. The van der Waals surface area contributed by atoms with Crippen LogP contribution in [0.15, 0.2) is 59.8 Å². The number of hydrogen-bond acceptors (Lipinski definition) is 6. The van der Waals surface area contributed by atoms with E-state index < -0.39 is 5.25 Å². The van der Waals surface area contributed by atoms with E-state index in [0.717, 1.165) is 11.3 Å². The van der Waals surface area contributed by atoms with Gasteiger partial charge in [-0.15, -0.1) is 5.10 Å². The fraction of sp³-hybridized carbons (Fsp3) is 0.176. The molecule has 0 saturated carbocycles. The second-order valence-electron chi connectivity index (χ2n) is 5.01. The molecule has 8 heteroatoms. The van der Waals surface area contributed by atoms with Gasteiger partial charge in [-0.3, -0.25) is 4.79 Å². The summed E-state index contributed by atoms with van der Waals surface area (Å²) < 4.78 is 6.78. The van der Waals surface area contributed by atoms with E-state index in [1.807, 2.05) is 42.5 Å². The number of rotatable bonds is 6. The molecule has 6 nitrogen and oxygen atoms in total. The molecule has 0 fully saturated rings. The minimum atomic E-state index is -0.557. The van der Waals surface area contributed by atoms with Gasteiger partial charge in [-0.05, 0) is 47.2 Å². The van der Waals surface area contributed by atoms with Gasteiger partial charge in [0, 0.05) is 5.02 Å². The molecular formula is C17H15ClN4O2S. The zero-order valence-electron chi connectivity index (χ0n) is 13.4. The Bertz CT molecular complexity index is 839. The first-order valence-electron chi connectivity index (χ1n) is 7.61. The van der Waals surface area contributed by atoms with Crippen LogP contribution in [0.4, 0.5) is 0 Å². The van der Waals surface area contributed by atoms with Gasteiger partial charge < -0.3 is 4.74 Å². The molecule has 1 heterocycles. The minimum absolute atomic E-state index is 0.310. The molecule has 0 aliphatic heterocycles. The van der Waals surface area contributed by atoms with Gasteiger partial charge in [-0.25, -0.2) is 0 Å². The monoisotopic (exact) mass is 374 g/mol. The van der Waals surface area contributed by atoms with E-state index in [1.165, 1.54) is 11.8 Å². The summed E-state index contributed by atoms with van der Waals surface area (Å²) in [7, 11) is 0. The molecule has 128 valence electrons. The molecule has 3 rings (SSSR count). The Kier molecular flexibility index (Phi) is 5.67. The van der Waals surface area contributed by atoms with Crippen molar-refractivity contribution in [2.45, 2.75) is 17.3 Å². The third-order valence-electron chi connectivity index (χ3n) is 3.34. The van der Waals surface area contributed by atoms with E-state index in [1.54, 1.807) is 23.7 Å². The van der Waals surface area contributed by atoms with E-state index >= 15 is 0 Å². The summed E-state index contributed by atoms with van der Waals surface area (Å²) in [5.41, 5.74) is 1.59. The summed E-state index contributed by atoms with van der Waals surface area (Å²) in [4.78, 5) is 12.4. The van der Waals surface area contributed by atoms with Crippen LogP contribution in [0.2, 0.25) is 5.02 Å². The molecule has 0 saturated heterocycles. The second-order valence-corrected chi connectivity index (χ2v) is 6.52. The largest absolute Gasteiger partial charge is 0.465 e. The molecule has 0 amide bonds. The Hall–Kier alpha value is -2.38. The van der Waals surface area contributed by atoms with Crippen molar-refractivity contribution in [1.29, 1.82) is 0 Å². The summed E-state index contributed by atoms with van der Waals surface area (Å²) in [6.07, 6.45) is 0. The zero-order chi connectivity index (χ0) is 17.6. The molecule has 1 atom stereocenters. The highest BCUT2D eigenvalue weighted by molar-refractivity contribution is 8.00. The van der Waals surface area contributed by atoms with E-state index in [-0.39, 0.29) is 5.97 Å². The number of tetrazole rings is 1. The van der Waals surface area contributed by atoms with Crippen molar-refractivity contribution >= 4 is 29.3 Å². The van der Waals surface area contributed by atoms with Crippen molar-refractivity contribution in [1.82, 2.24) is 20.2 Å². The number of nitrogens with zero attached hydrogens (tertiary/aromatic N) is 4. The first-order chi connectivity index (χ1) is 12.2. The van der Waals surface area contributed by atoms with Crippen molar-refractivity contribution in [2.75, 3.05) is 6.61 Å². The molecule has 0 aliphatic rings. The normalized spacial score (nSPS) is 11.9. The van der Waals surface area contributed by atoms with Crippen LogP contribution in [-0.2, 0) is 9.53 Å². The lowest BCUT2D eigenvalue weighted by Gasteiger charge is -2.15. The number of benzene rings is 2. The maximum atomic E-state index is 12.4. The maximum absolute atomic E-state index is 12.4. The molecule has 0 radical (unpaired) electrons. The first-order valence-corrected chi connectivity index (χ1v) is 8.87. The summed E-state index contributed by atoms with van der Waals surface area (Å²) in [6.45, 7) is 2.09. The van der Waals surface area contributed by atoms with Crippen LogP contribution in [0.1, 0.15) is 17.7 Å². The van der Waals surface area contributed by atoms with Gasteiger partial charge >= 0.3 is 5.97 Å². The molecule has 2 aromatic carbocycles. The lowest BCUT2D eigenvalue weighted by atomic mass is 10.1. The van der Waals surface area contributed by atoms with Crippen LogP contribution in [0, 0.1) is 0 Å². The smallest absolute Gasteiger partial charge is 0.324 e. The van der Waals surface area contributed by atoms with Gasteiger partial charge in [-0.2, -0.15) is 4.68 Å². The van der Waals surface area contributed by atoms with Crippen LogP contribution < -0.4 is 0 Å². The number of thioether (sulfide) groups is 1. The summed E-state index contributed by atoms with van der Waals surface area (Å²) >= 11 is 7.17. The lowest BCUT2D eigenvalue weighted by Crippen LogP contribution is -2.14. The predicted octanol–water partition coefficient (Wildman–Crippen LogP) is 3.71. The molecule has 3 aromatic rings. The average molecular weight is 375 g/mol. The van der Waals surface area contributed by atoms with E-state index in [0.29, 0.717) is 16.8 Å².